The molecule has 2 aromatic rings. The predicted octanol–water partition coefficient (Wildman–Crippen LogP) is 7.40. The first-order valence-electron chi connectivity index (χ1n) is 9.89. The fourth-order valence-electron chi connectivity index (χ4n) is 4.73. The Hall–Kier alpha value is -1.46. The molecule has 0 aromatic heterocycles. The van der Waals surface area contributed by atoms with E-state index in [9.17, 15) is 0 Å². The topological polar surface area (TPSA) is 0 Å². The molecule has 1 heteroatoms. The molecule has 0 heterocycles. The predicted molar refractivity (Wildman–Crippen MR) is 113 cm³/mol. The average molecular weight is 432 g/mol. The molecule has 2 aromatic carbocycles. The van der Waals surface area contributed by atoms with Crippen LogP contribution in [0.25, 0.3) is 8.85 Å². The molecule has 27 heavy (non-hydrogen) atoms. The number of rotatable bonds is 3. The zero-order valence-corrected chi connectivity index (χ0v) is 19.7. The number of hydrogen-bond acceptors (Lipinski definition) is 0. The van der Waals surface area contributed by atoms with Gasteiger partial charge in [-0.1, -0.05) is 0 Å². The second-order valence-corrected chi connectivity index (χ2v) is 11.5. The second kappa shape index (κ2) is 6.86. The summed E-state index contributed by atoms with van der Waals surface area (Å²) >= 11 is -0.925. The van der Waals surface area contributed by atoms with Gasteiger partial charge in [-0.25, -0.2) is 0 Å². The van der Waals surface area contributed by atoms with Gasteiger partial charge in [-0.15, -0.1) is 0 Å². The second-order valence-electron chi connectivity index (χ2n) is 8.46. The van der Waals surface area contributed by atoms with E-state index >= 15 is 0 Å². The maximum absolute atomic E-state index is 2.44. The van der Waals surface area contributed by atoms with Crippen LogP contribution in [-0.4, -0.2) is 0 Å². The van der Waals surface area contributed by atoms with E-state index in [2.05, 4.69) is 96.1 Å². The van der Waals surface area contributed by atoms with Crippen molar-refractivity contribution in [1.82, 2.24) is 0 Å². The molecular weight excluding hydrogens is 404 g/mol. The standard InChI is InChI=1S/C16H13.C10H15.Zr/c1-12-15-10-6-5-9-14(15)11-16(12)13-7-3-2-4-8-13;1-7-6-10(4,5)9(3)8(7)2;/h2-10,12H,1H3;1-5H3;. The minimum absolute atomic E-state index is 0.218. The van der Waals surface area contributed by atoms with Gasteiger partial charge in [0.2, 0.25) is 0 Å². The molecular formula is C26H28Zr. The van der Waals surface area contributed by atoms with Crippen LogP contribution < -0.4 is 0 Å². The number of allylic oxidation sites excluding steroid dienone is 5. The molecule has 1 atom stereocenters. The van der Waals surface area contributed by atoms with Gasteiger partial charge in [-0.2, -0.15) is 0 Å². The SMILES string of the molecule is CC1=C(C)C(C)(C)[C]([Zr][C]2=C(c3ccccc3)C(C)c3ccccc32)=C1C. The molecule has 0 saturated heterocycles. The van der Waals surface area contributed by atoms with Crippen LogP contribution >= 0.6 is 0 Å². The molecule has 0 amide bonds. The van der Waals surface area contributed by atoms with E-state index in [-0.39, 0.29) is 5.41 Å². The summed E-state index contributed by atoms with van der Waals surface area (Å²) in [5.74, 6) is 0.486. The van der Waals surface area contributed by atoms with Crippen molar-refractivity contribution in [2.75, 3.05) is 0 Å². The number of benzene rings is 2. The number of hydrogen-bond donors (Lipinski definition) is 0. The summed E-state index contributed by atoms with van der Waals surface area (Å²) in [5.41, 5.74) is 10.9. The summed E-state index contributed by atoms with van der Waals surface area (Å²) in [5, 5.41) is 0. The van der Waals surface area contributed by atoms with Crippen molar-refractivity contribution in [1.29, 1.82) is 0 Å². The van der Waals surface area contributed by atoms with Crippen LogP contribution in [0.2, 0.25) is 0 Å². The van der Waals surface area contributed by atoms with Crippen molar-refractivity contribution in [2.24, 2.45) is 5.41 Å². The van der Waals surface area contributed by atoms with E-state index in [1.54, 1.807) is 23.3 Å². The van der Waals surface area contributed by atoms with Crippen LogP contribution in [0.1, 0.15) is 64.2 Å². The van der Waals surface area contributed by atoms with Crippen molar-refractivity contribution in [3.63, 3.8) is 0 Å². The van der Waals surface area contributed by atoms with E-state index in [0.29, 0.717) is 5.92 Å². The Labute approximate surface area is 175 Å². The van der Waals surface area contributed by atoms with Crippen LogP contribution in [0.5, 0.6) is 0 Å². The van der Waals surface area contributed by atoms with E-state index in [0.717, 1.165) is 0 Å². The van der Waals surface area contributed by atoms with Crippen LogP contribution in [0, 0.1) is 5.41 Å². The van der Waals surface area contributed by atoms with Crippen molar-refractivity contribution < 1.29 is 23.2 Å². The van der Waals surface area contributed by atoms with E-state index in [1.807, 2.05) is 0 Å². The van der Waals surface area contributed by atoms with Crippen LogP contribution in [-0.2, 0) is 23.2 Å². The Kier molecular flexibility index (Phi) is 4.80. The van der Waals surface area contributed by atoms with Gasteiger partial charge in [0, 0.05) is 0 Å². The molecule has 136 valence electrons. The summed E-state index contributed by atoms with van der Waals surface area (Å²) in [7, 11) is 0. The van der Waals surface area contributed by atoms with Gasteiger partial charge in [0.1, 0.15) is 0 Å². The quantitative estimate of drug-likeness (QED) is 0.475. The zero-order chi connectivity index (χ0) is 19.3. The Morgan fingerprint density at radius 2 is 1.44 bits per heavy atom. The van der Waals surface area contributed by atoms with Gasteiger partial charge in [-0.05, 0) is 0 Å². The molecule has 0 nitrogen and oxygen atoms in total. The normalized spacial score (nSPS) is 21.2. The molecule has 0 radical (unpaired) electrons. The van der Waals surface area contributed by atoms with Gasteiger partial charge in [0.25, 0.3) is 0 Å². The van der Waals surface area contributed by atoms with E-state index < -0.39 is 23.2 Å². The molecule has 0 aliphatic heterocycles. The molecule has 0 saturated carbocycles. The van der Waals surface area contributed by atoms with Crippen LogP contribution in [0.15, 0.2) is 74.6 Å². The molecule has 0 bridgehead atoms. The minimum atomic E-state index is -0.925. The van der Waals surface area contributed by atoms with Crippen molar-refractivity contribution in [3.8, 4) is 0 Å². The number of fused-ring (bicyclic) bond motifs is 1. The zero-order valence-electron chi connectivity index (χ0n) is 17.3. The Morgan fingerprint density at radius 3 is 2.07 bits per heavy atom. The van der Waals surface area contributed by atoms with Gasteiger partial charge in [0.05, 0.1) is 0 Å². The van der Waals surface area contributed by atoms with Gasteiger partial charge in [0.15, 0.2) is 0 Å². The third kappa shape index (κ3) is 2.90. The average Bonchev–Trinajstić information content (AvgIpc) is 3.03. The van der Waals surface area contributed by atoms with Gasteiger partial charge < -0.3 is 0 Å². The van der Waals surface area contributed by atoms with Crippen molar-refractivity contribution >= 4 is 8.85 Å². The Balaban J connectivity index is 1.89. The first-order valence-corrected chi connectivity index (χ1v) is 12.4. The van der Waals surface area contributed by atoms with E-state index in [1.165, 1.54) is 22.3 Å². The Bertz CT molecular complexity index is 1000. The van der Waals surface area contributed by atoms with Crippen LogP contribution in [0.3, 0.4) is 0 Å². The van der Waals surface area contributed by atoms with E-state index in [4.69, 9.17) is 0 Å². The molecule has 4 rings (SSSR count). The van der Waals surface area contributed by atoms with Gasteiger partial charge >= 0.3 is 176 Å². The van der Waals surface area contributed by atoms with Crippen molar-refractivity contribution in [2.45, 2.75) is 47.5 Å². The fraction of sp³-hybridized carbons (Fsp3) is 0.308. The summed E-state index contributed by atoms with van der Waals surface area (Å²) in [6, 6.07) is 20.2. The summed E-state index contributed by atoms with van der Waals surface area (Å²) in [6.45, 7) is 14.3. The summed E-state index contributed by atoms with van der Waals surface area (Å²) in [4.78, 5) is 0. The van der Waals surface area contributed by atoms with Crippen LogP contribution in [0.4, 0.5) is 0 Å². The van der Waals surface area contributed by atoms with Gasteiger partial charge in [-0.3, -0.25) is 0 Å². The maximum atomic E-state index is 2.44. The molecule has 2 aliphatic rings. The molecule has 2 aliphatic carbocycles. The summed E-state index contributed by atoms with van der Waals surface area (Å²) < 4.78 is 3.45. The third-order valence-corrected chi connectivity index (χ3v) is 11.8. The monoisotopic (exact) mass is 430 g/mol. The Morgan fingerprint density at radius 1 is 0.815 bits per heavy atom. The molecule has 1 unspecified atom stereocenters. The molecule has 0 spiro atoms. The van der Waals surface area contributed by atoms with Crippen molar-refractivity contribution in [3.05, 3.63) is 91.3 Å². The fourth-order valence-corrected chi connectivity index (χ4v) is 9.61. The first kappa shape index (κ1) is 18.9. The molecule has 0 fully saturated rings. The molecule has 0 N–H and O–H groups in total. The third-order valence-electron chi connectivity index (χ3n) is 6.80. The first-order chi connectivity index (χ1) is 12.8. The summed E-state index contributed by atoms with van der Waals surface area (Å²) in [6.07, 6.45) is 0.